The zero-order chi connectivity index (χ0) is 30.3. The lowest BCUT2D eigenvalue weighted by molar-refractivity contribution is 0.483. The molecule has 0 saturated carbocycles. The monoisotopic (exact) mass is 580 g/mol. The van der Waals surface area contributed by atoms with E-state index in [9.17, 15) is 0 Å². The molecule has 0 aliphatic rings. The third-order valence-electron chi connectivity index (χ3n) is 7.66. The summed E-state index contributed by atoms with van der Waals surface area (Å²) in [5.74, 6) is 1.51. The minimum absolute atomic E-state index is 0.733. The molecule has 7 aromatic carbocycles. The number of nitrogens with one attached hydrogen (secondary N) is 1. The predicted molar refractivity (Wildman–Crippen MR) is 188 cm³/mol. The maximum absolute atomic E-state index is 6.48. The van der Waals surface area contributed by atoms with Gasteiger partial charge in [-0.25, -0.2) is 0 Å². The maximum Gasteiger partial charge on any atom is 0.131 e. The van der Waals surface area contributed by atoms with E-state index in [1.807, 2.05) is 42.5 Å². The van der Waals surface area contributed by atoms with E-state index in [1.54, 1.807) is 0 Å². The van der Waals surface area contributed by atoms with Crippen molar-refractivity contribution >= 4 is 28.4 Å². The van der Waals surface area contributed by atoms with Crippen molar-refractivity contribution in [1.82, 2.24) is 0 Å². The van der Waals surface area contributed by atoms with Gasteiger partial charge in [0.15, 0.2) is 0 Å². The van der Waals surface area contributed by atoms with Crippen LogP contribution in [0.4, 0.5) is 28.4 Å². The van der Waals surface area contributed by atoms with Crippen molar-refractivity contribution in [3.05, 3.63) is 188 Å². The van der Waals surface area contributed by atoms with Gasteiger partial charge in [-0.1, -0.05) is 133 Å². The van der Waals surface area contributed by atoms with E-state index in [4.69, 9.17) is 4.74 Å². The molecule has 0 aliphatic carbocycles. The molecule has 0 atom stereocenters. The van der Waals surface area contributed by atoms with Crippen LogP contribution in [0.15, 0.2) is 188 Å². The maximum atomic E-state index is 6.48. The lowest BCUT2D eigenvalue weighted by atomic mass is 9.95. The molecule has 0 amide bonds. The largest absolute Gasteiger partial charge is 0.457 e. The molecule has 0 fully saturated rings. The molecule has 3 nitrogen and oxygen atoms in total. The Bertz CT molecular complexity index is 1880. The van der Waals surface area contributed by atoms with Crippen LogP contribution in [0.25, 0.3) is 22.3 Å². The summed E-state index contributed by atoms with van der Waals surface area (Å²) in [4.78, 5) is 2.25. The summed E-state index contributed by atoms with van der Waals surface area (Å²) in [7, 11) is 0. The van der Waals surface area contributed by atoms with E-state index < -0.39 is 0 Å². The highest BCUT2D eigenvalue weighted by atomic mass is 16.5. The Morgan fingerprint density at radius 2 is 0.844 bits per heavy atom. The summed E-state index contributed by atoms with van der Waals surface area (Å²) < 4.78 is 6.48. The molecule has 3 heteroatoms. The van der Waals surface area contributed by atoms with Crippen LogP contribution in [0.1, 0.15) is 0 Å². The van der Waals surface area contributed by atoms with Gasteiger partial charge in [0.25, 0.3) is 0 Å². The van der Waals surface area contributed by atoms with Crippen LogP contribution in [0.5, 0.6) is 11.5 Å². The van der Waals surface area contributed by atoms with Gasteiger partial charge in [-0.3, -0.25) is 0 Å². The Balaban J connectivity index is 1.41. The number of hydrogen-bond acceptors (Lipinski definition) is 3. The second-order valence-electron chi connectivity index (χ2n) is 10.7. The first-order valence-electron chi connectivity index (χ1n) is 15.1. The van der Waals surface area contributed by atoms with Crippen LogP contribution >= 0.6 is 0 Å². The lowest BCUT2D eigenvalue weighted by Crippen LogP contribution is -2.10. The zero-order valence-electron chi connectivity index (χ0n) is 24.8. The normalized spacial score (nSPS) is 10.7. The van der Waals surface area contributed by atoms with Gasteiger partial charge >= 0.3 is 0 Å². The number of rotatable bonds is 9. The average molecular weight is 581 g/mol. The Morgan fingerprint density at radius 3 is 1.36 bits per heavy atom. The Hall–Kier alpha value is -6.06. The molecule has 7 rings (SSSR count). The van der Waals surface area contributed by atoms with E-state index in [2.05, 4.69) is 156 Å². The highest BCUT2D eigenvalue weighted by Gasteiger charge is 2.17. The summed E-state index contributed by atoms with van der Waals surface area (Å²) in [6.45, 7) is 0. The first-order valence-corrected chi connectivity index (χ1v) is 15.1. The van der Waals surface area contributed by atoms with E-state index in [0.717, 1.165) is 62.2 Å². The first kappa shape index (κ1) is 27.8. The molecule has 7 aromatic rings. The smallest absolute Gasteiger partial charge is 0.131 e. The van der Waals surface area contributed by atoms with Gasteiger partial charge < -0.3 is 15.0 Å². The fraction of sp³-hybridized carbons (Fsp3) is 0. The Morgan fingerprint density at radius 1 is 0.378 bits per heavy atom. The van der Waals surface area contributed by atoms with Gasteiger partial charge in [-0.05, 0) is 53.6 Å². The molecule has 45 heavy (non-hydrogen) atoms. The van der Waals surface area contributed by atoms with Gasteiger partial charge in [-0.2, -0.15) is 0 Å². The molecule has 0 heterocycles. The molecular formula is C42H32N2O. The van der Waals surface area contributed by atoms with Crippen LogP contribution in [0.3, 0.4) is 0 Å². The molecule has 1 N–H and O–H groups in total. The molecule has 0 aliphatic heterocycles. The van der Waals surface area contributed by atoms with Gasteiger partial charge in [0.2, 0.25) is 0 Å². The van der Waals surface area contributed by atoms with Crippen molar-refractivity contribution < 1.29 is 4.74 Å². The fourth-order valence-corrected chi connectivity index (χ4v) is 5.62. The van der Waals surface area contributed by atoms with Gasteiger partial charge in [0, 0.05) is 40.3 Å². The highest BCUT2D eigenvalue weighted by molar-refractivity contribution is 5.93. The molecule has 0 unspecified atom stereocenters. The number of anilines is 5. The van der Waals surface area contributed by atoms with Crippen LogP contribution in [0.2, 0.25) is 0 Å². The van der Waals surface area contributed by atoms with Crippen LogP contribution in [0, 0.1) is 0 Å². The van der Waals surface area contributed by atoms with Crippen LogP contribution in [-0.4, -0.2) is 0 Å². The molecule has 0 aromatic heterocycles. The lowest BCUT2D eigenvalue weighted by Gasteiger charge is -2.27. The Kier molecular flexibility index (Phi) is 8.06. The molecule has 216 valence electrons. The third-order valence-corrected chi connectivity index (χ3v) is 7.66. The molecule has 0 radical (unpaired) electrons. The summed E-state index contributed by atoms with van der Waals surface area (Å²) >= 11 is 0. The molecule has 0 spiro atoms. The van der Waals surface area contributed by atoms with Crippen LogP contribution in [-0.2, 0) is 0 Å². The number of hydrogen-bond donors (Lipinski definition) is 1. The van der Waals surface area contributed by atoms with Crippen molar-refractivity contribution in [3.8, 4) is 33.8 Å². The fourth-order valence-electron chi connectivity index (χ4n) is 5.62. The van der Waals surface area contributed by atoms with Gasteiger partial charge in [0.1, 0.15) is 11.5 Å². The number of para-hydroxylation sites is 4. The van der Waals surface area contributed by atoms with E-state index >= 15 is 0 Å². The number of benzene rings is 7. The quantitative estimate of drug-likeness (QED) is 0.184. The summed E-state index contributed by atoms with van der Waals surface area (Å²) in [5, 5.41) is 3.86. The van der Waals surface area contributed by atoms with Crippen molar-refractivity contribution in [2.45, 2.75) is 0 Å². The predicted octanol–water partition coefficient (Wildman–Crippen LogP) is 12.0. The van der Waals surface area contributed by atoms with Crippen molar-refractivity contribution in [1.29, 1.82) is 0 Å². The highest BCUT2D eigenvalue weighted by Crippen LogP contribution is 2.43. The molecule has 0 saturated heterocycles. The minimum Gasteiger partial charge on any atom is -0.457 e. The average Bonchev–Trinajstić information content (AvgIpc) is 3.11. The summed E-state index contributed by atoms with van der Waals surface area (Å²) in [6, 6.07) is 64.7. The summed E-state index contributed by atoms with van der Waals surface area (Å²) in [6.07, 6.45) is 0. The van der Waals surface area contributed by atoms with Crippen molar-refractivity contribution in [3.63, 3.8) is 0 Å². The Labute approximate surface area is 264 Å². The van der Waals surface area contributed by atoms with Crippen molar-refractivity contribution in [2.75, 3.05) is 10.2 Å². The number of ether oxygens (including phenoxy) is 1. The third kappa shape index (κ3) is 6.34. The number of nitrogens with zero attached hydrogens (tertiary/aromatic N) is 1. The first-order chi connectivity index (χ1) is 22.3. The van der Waals surface area contributed by atoms with Crippen LogP contribution < -0.4 is 15.0 Å². The van der Waals surface area contributed by atoms with Gasteiger partial charge in [0.05, 0.1) is 11.4 Å². The van der Waals surface area contributed by atoms with E-state index in [0.29, 0.717) is 0 Å². The SMILES string of the molecule is c1ccc(Oc2cc(Nc3c(-c4ccccc4)cccc3-c3ccccc3)cc(N(c3ccccc3)c3ccccc3)c2)cc1. The van der Waals surface area contributed by atoms with Gasteiger partial charge in [-0.15, -0.1) is 0 Å². The molecular weight excluding hydrogens is 548 g/mol. The molecule has 0 bridgehead atoms. The van der Waals surface area contributed by atoms with E-state index in [-0.39, 0.29) is 0 Å². The zero-order valence-corrected chi connectivity index (χ0v) is 24.8. The minimum atomic E-state index is 0.733. The second-order valence-corrected chi connectivity index (χ2v) is 10.7. The summed E-state index contributed by atoms with van der Waals surface area (Å²) in [5.41, 5.74) is 9.56. The topological polar surface area (TPSA) is 24.5 Å². The van der Waals surface area contributed by atoms with E-state index in [1.165, 1.54) is 0 Å². The van der Waals surface area contributed by atoms with Crippen molar-refractivity contribution in [2.24, 2.45) is 0 Å². The standard InChI is InChI=1S/C42H32N2O/c1-6-17-32(18-7-1)40-27-16-28-41(33-19-8-2-9-20-33)42(40)43-34-29-37(31-39(30-34)45-38-25-14-5-15-26-38)44(35-21-10-3-11-22-35)36-23-12-4-13-24-36/h1-31,43H. The second kappa shape index (κ2) is 13.1.